The van der Waals surface area contributed by atoms with E-state index in [0.29, 0.717) is 29.5 Å². The monoisotopic (exact) mass is 450 g/mol. The minimum absolute atomic E-state index is 0.182. The van der Waals surface area contributed by atoms with Crippen molar-refractivity contribution in [2.75, 3.05) is 20.3 Å². The predicted molar refractivity (Wildman–Crippen MR) is 113 cm³/mol. The zero-order valence-electron chi connectivity index (χ0n) is 18.4. The van der Waals surface area contributed by atoms with Gasteiger partial charge in [-0.3, -0.25) is 0 Å². The Morgan fingerprint density at radius 2 is 2.06 bits per heavy atom. The van der Waals surface area contributed by atoms with Crippen molar-refractivity contribution in [2.24, 2.45) is 0 Å². The number of ether oxygens (including phenoxy) is 4. The highest BCUT2D eigenvalue weighted by molar-refractivity contribution is 5.86. The Bertz CT molecular complexity index is 1010. The first-order chi connectivity index (χ1) is 15.3. The van der Waals surface area contributed by atoms with Crippen molar-refractivity contribution in [2.45, 2.75) is 69.4 Å². The van der Waals surface area contributed by atoms with Gasteiger partial charge in [-0.2, -0.15) is 0 Å². The van der Waals surface area contributed by atoms with Gasteiger partial charge < -0.3 is 38.7 Å². The van der Waals surface area contributed by atoms with E-state index in [1.54, 1.807) is 26.0 Å². The third-order valence-electron chi connectivity index (χ3n) is 6.45. The molecule has 9 heteroatoms. The lowest BCUT2D eigenvalue weighted by molar-refractivity contribution is -0.316. The number of aromatic hydroxyl groups is 1. The summed E-state index contributed by atoms with van der Waals surface area (Å²) in [6.07, 6.45) is -1.60. The molecule has 2 aliphatic rings. The minimum Gasteiger partial charge on any atom is -0.507 e. The average Bonchev–Trinajstić information content (AvgIpc) is 2.77. The number of hydrogen-bond acceptors (Lipinski definition) is 9. The lowest BCUT2D eigenvalue weighted by Crippen LogP contribution is -2.63. The SMILES string of the molecule is CO[C@@H]1[C@H](O)[C@@H](OC2CCCCO2)[C@H](c2ccc3c(O)cc(=O)oc3c2C)O[C@]1(C)CO. The number of aryl methyl sites for hydroxylation is 1. The van der Waals surface area contributed by atoms with E-state index in [1.807, 2.05) is 0 Å². The molecule has 9 nitrogen and oxygen atoms in total. The maximum atomic E-state index is 11.9. The molecular weight excluding hydrogens is 420 g/mol. The molecule has 0 amide bonds. The maximum Gasteiger partial charge on any atom is 0.339 e. The lowest BCUT2D eigenvalue weighted by Gasteiger charge is -2.50. The predicted octanol–water partition coefficient (Wildman–Crippen LogP) is 1.92. The summed E-state index contributed by atoms with van der Waals surface area (Å²) in [7, 11) is 1.44. The van der Waals surface area contributed by atoms with E-state index in [1.165, 1.54) is 7.11 Å². The Kier molecular flexibility index (Phi) is 6.58. The largest absolute Gasteiger partial charge is 0.507 e. The van der Waals surface area contributed by atoms with Crippen molar-refractivity contribution in [1.82, 2.24) is 0 Å². The first-order valence-corrected chi connectivity index (χ1v) is 10.8. The summed E-state index contributed by atoms with van der Waals surface area (Å²) in [4.78, 5) is 11.9. The van der Waals surface area contributed by atoms with E-state index in [9.17, 15) is 20.1 Å². The van der Waals surface area contributed by atoms with Gasteiger partial charge in [0.1, 0.15) is 41.3 Å². The number of aliphatic hydroxyl groups excluding tert-OH is 2. The fraction of sp³-hybridized carbons (Fsp3) is 0.609. The zero-order chi connectivity index (χ0) is 23.0. The van der Waals surface area contributed by atoms with Crippen LogP contribution in [-0.2, 0) is 18.9 Å². The molecule has 0 radical (unpaired) electrons. The van der Waals surface area contributed by atoms with Gasteiger partial charge in [-0.1, -0.05) is 6.07 Å². The molecule has 2 aromatic rings. The first-order valence-electron chi connectivity index (χ1n) is 10.8. The highest BCUT2D eigenvalue weighted by atomic mass is 16.7. The topological polar surface area (TPSA) is 128 Å². The van der Waals surface area contributed by atoms with E-state index in [4.69, 9.17) is 23.4 Å². The van der Waals surface area contributed by atoms with Gasteiger partial charge in [0.2, 0.25) is 0 Å². The smallest absolute Gasteiger partial charge is 0.339 e. The fourth-order valence-electron chi connectivity index (χ4n) is 4.71. The number of fused-ring (bicyclic) bond motifs is 1. The van der Waals surface area contributed by atoms with E-state index in [-0.39, 0.29) is 11.3 Å². The van der Waals surface area contributed by atoms with Crippen molar-refractivity contribution in [3.05, 3.63) is 39.7 Å². The molecule has 0 spiro atoms. The number of aliphatic hydroxyl groups is 2. The lowest BCUT2D eigenvalue weighted by atomic mass is 9.83. The number of rotatable bonds is 5. The van der Waals surface area contributed by atoms with Gasteiger partial charge in [-0.15, -0.1) is 0 Å². The molecule has 1 aromatic carbocycles. The van der Waals surface area contributed by atoms with E-state index < -0.39 is 48.5 Å². The molecule has 3 N–H and O–H groups in total. The van der Waals surface area contributed by atoms with Crippen LogP contribution in [0.25, 0.3) is 11.0 Å². The van der Waals surface area contributed by atoms with Crippen LogP contribution < -0.4 is 5.63 Å². The second-order valence-corrected chi connectivity index (χ2v) is 8.66. The average molecular weight is 450 g/mol. The maximum absolute atomic E-state index is 11.9. The molecule has 3 heterocycles. The third kappa shape index (κ3) is 4.05. The van der Waals surface area contributed by atoms with Crippen molar-refractivity contribution in [3.8, 4) is 5.75 Å². The molecule has 2 saturated heterocycles. The minimum atomic E-state index is -1.22. The van der Waals surface area contributed by atoms with Crippen LogP contribution in [-0.4, -0.2) is 65.8 Å². The summed E-state index contributed by atoms with van der Waals surface area (Å²) >= 11 is 0. The molecule has 1 aromatic heterocycles. The number of hydrogen-bond donors (Lipinski definition) is 3. The highest BCUT2D eigenvalue weighted by Crippen LogP contribution is 2.43. The molecule has 2 fully saturated rings. The fourth-order valence-corrected chi connectivity index (χ4v) is 4.71. The second-order valence-electron chi connectivity index (χ2n) is 8.66. The normalized spacial score (nSPS) is 33.5. The van der Waals surface area contributed by atoms with E-state index in [2.05, 4.69) is 0 Å². The van der Waals surface area contributed by atoms with Gasteiger partial charge in [0.15, 0.2) is 6.29 Å². The van der Waals surface area contributed by atoms with Crippen LogP contribution >= 0.6 is 0 Å². The number of benzene rings is 1. The zero-order valence-corrected chi connectivity index (χ0v) is 18.4. The second kappa shape index (κ2) is 9.09. The molecule has 6 atom stereocenters. The van der Waals surface area contributed by atoms with Crippen molar-refractivity contribution in [1.29, 1.82) is 0 Å². The molecule has 1 unspecified atom stereocenters. The summed E-state index contributed by atoms with van der Waals surface area (Å²) in [6, 6.07) is 4.37. The third-order valence-corrected chi connectivity index (χ3v) is 6.45. The molecular formula is C23H30O9. The van der Waals surface area contributed by atoms with Crippen molar-refractivity contribution in [3.63, 3.8) is 0 Å². The highest BCUT2D eigenvalue weighted by Gasteiger charge is 2.54. The van der Waals surface area contributed by atoms with Crippen molar-refractivity contribution >= 4 is 11.0 Å². The molecule has 0 saturated carbocycles. The molecule has 176 valence electrons. The standard InChI is InChI=1S/C23H30O9/c1-12-13(7-8-14-15(25)10-16(26)30-19(12)14)20-21(31-17-6-4-5-9-29-17)18(27)22(28-3)23(2,11-24)32-20/h7-8,10,17-18,20-22,24-25,27H,4-6,9,11H2,1-3H3/t17?,18-,20+,21-,22-,23-/m1/s1. The first kappa shape index (κ1) is 23.2. The number of methoxy groups -OCH3 is 1. The molecule has 0 bridgehead atoms. The van der Waals surface area contributed by atoms with Gasteiger partial charge in [-0.25, -0.2) is 4.79 Å². The van der Waals surface area contributed by atoms with Crippen LogP contribution in [0.3, 0.4) is 0 Å². The molecule has 0 aliphatic carbocycles. The van der Waals surface area contributed by atoms with E-state index in [0.717, 1.165) is 18.9 Å². The Labute approximate surface area is 185 Å². The van der Waals surface area contributed by atoms with Crippen LogP contribution in [0.15, 0.2) is 27.4 Å². The summed E-state index contributed by atoms with van der Waals surface area (Å²) < 4.78 is 29.1. The van der Waals surface area contributed by atoms with Gasteiger partial charge in [0.05, 0.1) is 18.1 Å². The quantitative estimate of drug-likeness (QED) is 0.585. The van der Waals surface area contributed by atoms with Gasteiger partial charge >= 0.3 is 5.63 Å². The van der Waals surface area contributed by atoms with Gasteiger partial charge in [0, 0.05) is 13.7 Å². The van der Waals surface area contributed by atoms with Crippen LogP contribution in [0, 0.1) is 6.92 Å². The summed E-state index contributed by atoms with van der Waals surface area (Å²) in [5.74, 6) is -0.182. The van der Waals surface area contributed by atoms with Crippen LogP contribution in [0.5, 0.6) is 5.75 Å². The van der Waals surface area contributed by atoms with Crippen LogP contribution in [0.2, 0.25) is 0 Å². The van der Waals surface area contributed by atoms with Gasteiger partial charge in [-0.05, 0) is 50.3 Å². The Morgan fingerprint density at radius 1 is 1.28 bits per heavy atom. The summed E-state index contributed by atoms with van der Waals surface area (Å²) in [5, 5.41) is 31.9. The van der Waals surface area contributed by atoms with E-state index >= 15 is 0 Å². The molecule has 2 aliphatic heterocycles. The Morgan fingerprint density at radius 3 is 2.72 bits per heavy atom. The van der Waals surface area contributed by atoms with Crippen LogP contribution in [0.1, 0.15) is 43.4 Å². The van der Waals surface area contributed by atoms with Crippen LogP contribution in [0.4, 0.5) is 0 Å². The molecule has 32 heavy (non-hydrogen) atoms. The summed E-state index contributed by atoms with van der Waals surface area (Å²) in [5.41, 5.74) is -0.518. The molecule has 4 rings (SSSR count). The Balaban J connectivity index is 1.80. The Hall–Kier alpha value is -2.01. The van der Waals surface area contributed by atoms with Crippen molar-refractivity contribution < 1.29 is 38.7 Å². The van der Waals surface area contributed by atoms with Gasteiger partial charge in [0.25, 0.3) is 0 Å². The summed E-state index contributed by atoms with van der Waals surface area (Å²) in [6.45, 7) is 3.57.